The molecule has 30 heavy (non-hydrogen) atoms. The molecule has 0 amide bonds. The highest BCUT2D eigenvalue weighted by Gasteiger charge is 2.07. The first-order valence-electron chi connectivity index (χ1n) is 10.4. The Bertz CT molecular complexity index is 1160. The standard InChI is InChI=1S/C26H28N4/c1-3-30(17-21-8-5-4-6-9-21)18-22-11-7-10-20(15-22)12-13-25-23-16-24(27)19(2)14-26(23)29-28-25/h4-16H,3,17-18,27H2,1-2H3,(H,28,29)/b13-12+. The summed E-state index contributed by atoms with van der Waals surface area (Å²) in [6.07, 6.45) is 4.16. The smallest absolute Gasteiger partial charge is 0.0928 e. The van der Waals surface area contributed by atoms with Crippen LogP contribution in [0.2, 0.25) is 0 Å². The summed E-state index contributed by atoms with van der Waals surface area (Å²) in [5, 5.41) is 8.59. The fourth-order valence-corrected chi connectivity index (χ4v) is 3.69. The number of aryl methyl sites for hydroxylation is 1. The van der Waals surface area contributed by atoms with Gasteiger partial charge in [-0.3, -0.25) is 10.00 Å². The van der Waals surface area contributed by atoms with Crippen molar-refractivity contribution in [1.29, 1.82) is 0 Å². The third-order valence-electron chi connectivity index (χ3n) is 5.47. The van der Waals surface area contributed by atoms with E-state index in [1.54, 1.807) is 0 Å². The molecule has 0 atom stereocenters. The predicted octanol–water partition coefficient (Wildman–Crippen LogP) is 5.65. The Balaban J connectivity index is 1.50. The molecule has 0 saturated carbocycles. The van der Waals surface area contributed by atoms with E-state index in [1.807, 2.05) is 25.1 Å². The molecule has 1 heterocycles. The van der Waals surface area contributed by atoms with Gasteiger partial charge >= 0.3 is 0 Å². The second-order valence-corrected chi connectivity index (χ2v) is 7.73. The summed E-state index contributed by atoms with van der Waals surface area (Å²) in [4.78, 5) is 2.45. The van der Waals surface area contributed by atoms with Gasteiger partial charge < -0.3 is 5.73 Å². The Morgan fingerprint density at radius 1 is 0.933 bits per heavy atom. The van der Waals surface area contributed by atoms with E-state index in [4.69, 9.17) is 5.73 Å². The molecule has 0 unspecified atom stereocenters. The molecule has 4 heteroatoms. The average Bonchev–Trinajstić information content (AvgIpc) is 3.14. The highest BCUT2D eigenvalue weighted by Crippen LogP contribution is 2.24. The van der Waals surface area contributed by atoms with E-state index in [2.05, 4.69) is 82.7 Å². The minimum atomic E-state index is 0.790. The van der Waals surface area contributed by atoms with Gasteiger partial charge in [0.2, 0.25) is 0 Å². The van der Waals surface area contributed by atoms with Crippen LogP contribution in [0, 0.1) is 6.92 Å². The molecule has 0 radical (unpaired) electrons. The van der Waals surface area contributed by atoms with Gasteiger partial charge in [-0.25, -0.2) is 0 Å². The number of H-pyrrole nitrogens is 1. The number of aromatic nitrogens is 2. The van der Waals surface area contributed by atoms with Crippen LogP contribution in [-0.2, 0) is 13.1 Å². The first-order valence-corrected chi connectivity index (χ1v) is 10.4. The number of nitrogens with one attached hydrogen (secondary N) is 1. The van der Waals surface area contributed by atoms with Gasteiger partial charge in [-0.2, -0.15) is 5.10 Å². The summed E-state index contributed by atoms with van der Waals surface area (Å²) < 4.78 is 0. The Morgan fingerprint density at radius 3 is 2.50 bits per heavy atom. The lowest BCUT2D eigenvalue weighted by Gasteiger charge is -2.20. The van der Waals surface area contributed by atoms with E-state index in [1.165, 1.54) is 16.7 Å². The average molecular weight is 397 g/mol. The van der Waals surface area contributed by atoms with Crippen molar-refractivity contribution in [2.45, 2.75) is 26.9 Å². The summed E-state index contributed by atoms with van der Waals surface area (Å²) in [5.74, 6) is 0. The fourth-order valence-electron chi connectivity index (χ4n) is 3.69. The van der Waals surface area contributed by atoms with E-state index >= 15 is 0 Å². The second-order valence-electron chi connectivity index (χ2n) is 7.73. The normalized spacial score (nSPS) is 11.7. The summed E-state index contributed by atoms with van der Waals surface area (Å²) in [6.45, 7) is 7.11. The summed E-state index contributed by atoms with van der Waals surface area (Å²) in [6, 6.07) is 23.4. The van der Waals surface area contributed by atoms with E-state index < -0.39 is 0 Å². The lowest BCUT2D eigenvalue weighted by Crippen LogP contribution is -2.22. The first-order chi connectivity index (χ1) is 14.6. The summed E-state index contributed by atoms with van der Waals surface area (Å²) in [5.41, 5.74) is 13.7. The van der Waals surface area contributed by atoms with Crippen LogP contribution in [0.25, 0.3) is 23.1 Å². The number of nitrogens with zero attached hydrogens (tertiary/aromatic N) is 2. The quantitative estimate of drug-likeness (QED) is 0.397. The number of nitrogens with two attached hydrogens (primary N) is 1. The topological polar surface area (TPSA) is 57.9 Å². The molecular formula is C26H28N4. The Labute approximate surface area is 178 Å². The van der Waals surface area contributed by atoms with Gasteiger partial charge in [-0.15, -0.1) is 0 Å². The molecule has 0 aliphatic heterocycles. The molecule has 4 rings (SSSR count). The van der Waals surface area contributed by atoms with E-state index in [-0.39, 0.29) is 0 Å². The molecule has 3 aromatic carbocycles. The molecule has 4 nitrogen and oxygen atoms in total. The highest BCUT2D eigenvalue weighted by molar-refractivity contribution is 5.92. The van der Waals surface area contributed by atoms with Crippen LogP contribution >= 0.6 is 0 Å². The number of hydrogen-bond donors (Lipinski definition) is 2. The van der Waals surface area contributed by atoms with Gasteiger partial charge in [0.15, 0.2) is 0 Å². The molecule has 0 fully saturated rings. The van der Waals surface area contributed by atoms with Crippen LogP contribution in [0.15, 0.2) is 66.7 Å². The van der Waals surface area contributed by atoms with Crippen molar-refractivity contribution in [2.75, 3.05) is 12.3 Å². The predicted molar refractivity (Wildman–Crippen MR) is 127 cm³/mol. The Kier molecular flexibility index (Phi) is 5.96. The molecule has 0 aliphatic carbocycles. The van der Waals surface area contributed by atoms with Gasteiger partial charge in [0.25, 0.3) is 0 Å². The molecule has 0 spiro atoms. The van der Waals surface area contributed by atoms with Crippen LogP contribution < -0.4 is 5.73 Å². The number of fused-ring (bicyclic) bond motifs is 1. The number of aromatic amines is 1. The van der Waals surface area contributed by atoms with Crippen molar-refractivity contribution in [3.8, 4) is 0 Å². The molecule has 4 aromatic rings. The number of benzene rings is 3. The van der Waals surface area contributed by atoms with E-state index in [9.17, 15) is 0 Å². The Morgan fingerprint density at radius 2 is 1.70 bits per heavy atom. The number of hydrogen-bond acceptors (Lipinski definition) is 3. The van der Waals surface area contributed by atoms with Crippen molar-refractivity contribution < 1.29 is 0 Å². The van der Waals surface area contributed by atoms with Crippen LogP contribution in [0.1, 0.15) is 34.9 Å². The van der Waals surface area contributed by atoms with Gasteiger partial charge in [-0.1, -0.05) is 67.6 Å². The molecule has 152 valence electrons. The number of nitrogen functional groups attached to an aromatic ring is 1. The van der Waals surface area contributed by atoms with Crippen LogP contribution in [-0.4, -0.2) is 21.6 Å². The molecular weight excluding hydrogens is 368 g/mol. The third-order valence-corrected chi connectivity index (χ3v) is 5.47. The number of rotatable bonds is 7. The SMILES string of the molecule is CCN(Cc1ccccc1)Cc1cccc(/C=C/c2n[nH]c3cc(C)c(N)cc23)c1. The molecule has 0 saturated heterocycles. The summed E-state index contributed by atoms with van der Waals surface area (Å²) >= 11 is 0. The van der Waals surface area contributed by atoms with Gasteiger partial charge in [-0.05, 0) is 53.9 Å². The minimum Gasteiger partial charge on any atom is -0.398 e. The van der Waals surface area contributed by atoms with Gasteiger partial charge in [0.1, 0.15) is 0 Å². The highest BCUT2D eigenvalue weighted by atomic mass is 15.1. The van der Waals surface area contributed by atoms with Crippen molar-refractivity contribution >= 4 is 28.7 Å². The van der Waals surface area contributed by atoms with Crippen LogP contribution in [0.4, 0.5) is 5.69 Å². The maximum absolute atomic E-state index is 6.09. The lowest BCUT2D eigenvalue weighted by atomic mass is 10.1. The summed E-state index contributed by atoms with van der Waals surface area (Å²) in [7, 11) is 0. The maximum Gasteiger partial charge on any atom is 0.0928 e. The van der Waals surface area contributed by atoms with Crippen molar-refractivity contribution in [3.63, 3.8) is 0 Å². The molecule has 3 N–H and O–H groups in total. The van der Waals surface area contributed by atoms with Gasteiger partial charge in [0.05, 0.1) is 11.2 Å². The molecule has 0 bridgehead atoms. The van der Waals surface area contributed by atoms with Crippen LogP contribution in [0.5, 0.6) is 0 Å². The van der Waals surface area contributed by atoms with E-state index in [0.29, 0.717) is 0 Å². The van der Waals surface area contributed by atoms with Crippen LogP contribution in [0.3, 0.4) is 0 Å². The van der Waals surface area contributed by atoms with Crippen molar-refractivity contribution in [3.05, 3.63) is 94.7 Å². The molecule has 0 aliphatic rings. The minimum absolute atomic E-state index is 0.790. The second kappa shape index (κ2) is 8.97. The first kappa shape index (κ1) is 19.9. The van der Waals surface area contributed by atoms with Crippen molar-refractivity contribution in [1.82, 2.24) is 15.1 Å². The molecule has 1 aromatic heterocycles. The monoisotopic (exact) mass is 396 g/mol. The number of anilines is 1. The zero-order valence-electron chi connectivity index (χ0n) is 17.6. The zero-order chi connectivity index (χ0) is 20.9. The largest absolute Gasteiger partial charge is 0.398 e. The lowest BCUT2D eigenvalue weighted by molar-refractivity contribution is 0.271. The fraction of sp³-hybridized carbons (Fsp3) is 0.192. The zero-order valence-corrected chi connectivity index (χ0v) is 17.6. The third kappa shape index (κ3) is 4.61. The maximum atomic E-state index is 6.09. The van der Waals surface area contributed by atoms with Gasteiger partial charge in [0, 0.05) is 24.2 Å². The van der Waals surface area contributed by atoms with Crippen molar-refractivity contribution in [2.24, 2.45) is 0 Å². The van der Waals surface area contributed by atoms with E-state index in [0.717, 1.165) is 47.5 Å². The Hall–Kier alpha value is -3.37.